The molecule has 2 aromatic rings. The van der Waals surface area contributed by atoms with Crippen LogP contribution in [0.15, 0.2) is 65.1 Å². The van der Waals surface area contributed by atoms with E-state index in [0.717, 1.165) is 12.8 Å². The molecule has 0 radical (unpaired) electrons. The highest BCUT2D eigenvalue weighted by Crippen LogP contribution is 2.52. The van der Waals surface area contributed by atoms with E-state index in [4.69, 9.17) is 0 Å². The van der Waals surface area contributed by atoms with Crippen LogP contribution in [-0.4, -0.2) is 16.8 Å². The number of hydrogen-bond acceptors (Lipinski definition) is 3. The van der Waals surface area contributed by atoms with Crippen molar-refractivity contribution in [3.63, 3.8) is 0 Å². The number of aryl methyl sites for hydroxylation is 1. The molecule has 2 aliphatic rings. The second-order valence-corrected chi connectivity index (χ2v) is 9.00. The molecule has 0 aromatic heterocycles. The van der Waals surface area contributed by atoms with Crippen molar-refractivity contribution in [3.05, 3.63) is 71.3 Å². The van der Waals surface area contributed by atoms with Gasteiger partial charge in [0, 0.05) is 26.2 Å². The highest BCUT2D eigenvalue weighted by molar-refractivity contribution is 8.09. The number of aldehydes is 1. The number of hydrogen-bond donors (Lipinski definition) is 0. The lowest BCUT2D eigenvalue weighted by Gasteiger charge is -2.39. The highest BCUT2D eigenvalue weighted by Gasteiger charge is 2.39. The second kappa shape index (κ2) is 6.81. The molecule has 3 atom stereocenters. The summed E-state index contributed by atoms with van der Waals surface area (Å²) >= 11 is 3.75. The summed E-state index contributed by atoms with van der Waals surface area (Å²) in [6.07, 6.45) is 3.34. The van der Waals surface area contributed by atoms with Crippen LogP contribution >= 0.6 is 23.5 Å². The molecule has 1 nitrogen and oxygen atoms in total. The molecule has 0 fully saturated rings. The molecule has 122 valence electrons. The van der Waals surface area contributed by atoms with E-state index >= 15 is 0 Å². The quantitative estimate of drug-likeness (QED) is 0.683. The van der Waals surface area contributed by atoms with Gasteiger partial charge in [0.2, 0.25) is 0 Å². The lowest BCUT2D eigenvalue weighted by atomic mass is 9.85. The van der Waals surface area contributed by atoms with E-state index in [9.17, 15) is 4.79 Å². The standard InChI is InChI=1S/C21H20OS2/c1-14-19(13-22)21(24-16-8-3-2-4-9-16)18-12-11-15-7-5-6-10-17(15)20(18)23-14/h2-10,13-14,19,21H,11-12H2,1H3. The Kier molecular flexibility index (Phi) is 4.55. The molecule has 1 aliphatic carbocycles. The highest BCUT2D eigenvalue weighted by atomic mass is 32.2. The van der Waals surface area contributed by atoms with Crippen LogP contribution in [0, 0.1) is 5.92 Å². The summed E-state index contributed by atoms with van der Waals surface area (Å²) in [5.74, 6) is 0.0734. The molecule has 0 saturated heterocycles. The third kappa shape index (κ3) is 2.84. The van der Waals surface area contributed by atoms with E-state index < -0.39 is 0 Å². The van der Waals surface area contributed by atoms with Gasteiger partial charge >= 0.3 is 0 Å². The van der Waals surface area contributed by atoms with Crippen LogP contribution < -0.4 is 0 Å². The van der Waals surface area contributed by atoms with Gasteiger partial charge in [-0.2, -0.15) is 0 Å². The van der Waals surface area contributed by atoms with Crippen molar-refractivity contribution in [1.29, 1.82) is 0 Å². The van der Waals surface area contributed by atoms with Crippen LogP contribution in [0.2, 0.25) is 0 Å². The van der Waals surface area contributed by atoms with Gasteiger partial charge in [0.1, 0.15) is 6.29 Å². The Bertz CT molecular complexity index is 781. The lowest BCUT2D eigenvalue weighted by molar-refractivity contribution is -0.110. The molecular formula is C21H20OS2. The molecule has 0 bridgehead atoms. The predicted molar refractivity (Wildman–Crippen MR) is 104 cm³/mol. The Hall–Kier alpha value is -1.45. The van der Waals surface area contributed by atoms with Crippen LogP contribution in [0.25, 0.3) is 4.91 Å². The minimum Gasteiger partial charge on any atom is -0.303 e. The summed E-state index contributed by atoms with van der Waals surface area (Å²) in [5.41, 5.74) is 4.31. The van der Waals surface area contributed by atoms with Crippen molar-refractivity contribution in [2.75, 3.05) is 0 Å². The predicted octanol–water partition coefficient (Wildman–Crippen LogP) is 5.46. The number of thioether (sulfide) groups is 2. The zero-order valence-corrected chi connectivity index (χ0v) is 15.3. The number of benzene rings is 2. The SMILES string of the molecule is CC1SC2=C(CCc3ccccc32)C(Sc2ccccc2)C1C=O. The summed E-state index contributed by atoms with van der Waals surface area (Å²) in [6, 6.07) is 19.2. The molecule has 0 N–H and O–H groups in total. The Morgan fingerprint density at radius 1 is 1.04 bits per heavy atom. The van der Waals surface area contributed by atoms with Crippen molar-refractivity contribution in [2.24, 2.45) is 5.92 Å². The molecule has 0 saturated carbocycles. The molecule has 0 spiro atoms. The maximum atomic E-state index is 11.8. The van der Waals surface area contributed by atoms with Crippen molar-refractivity contribution in [3.8, 4) is 0 Å². The summed E-state index contributed by atoms with van der Waals surface area (Å²) in [7, 11) is 0. The third-order valence-corrected chi connectivity index (χ3v) is 7.72. The molecule has 0 amide bonds. The summed E-state index contributed by atoms with van der Waals surface area (Å²) in [4.78, 5) is 14.5. The van der Waals surface area contributed by atoms with E-state index in [1.165, 1.54) is 32.8 Å². The van der Waals surface area contributed by atoms with Crippen LogP contribution in [0.1, 0.15) is 24.5 Å². The van der Waals surface area contributed by atoms with E-state index in [0.29, 0.717) is 5.25 Å². The Balaban J connectivity index is 1.78. The zero-order chi connectivity index (χ0) is 16.5. The van der Waals surface area contributed by atoms with Gasteiger partial charge in [0.15, 0.2) is 0 Å². The molecule has 1 aliphatic heterocycles. The normalized spacial score (nSPS) is 25.8. The largest absolute Gasteiger partial charge is 0.303 e. The maximum Gasteiger partial charge on any atom is 0.125 e. The molecule has 3 heteroatoms. The molecule has 4 rings (SSSR count). The molecular weight excluding hydrogens is 332 g/mol. The summed E-state index contributed by atoms with van der Waals surface area (Å²) in [5, 5.41) is 0.568. The van der Waals surface area contributed by atoms with Gasteiger partial charge in [0.05, 0.1) is 0 Å². The lowest BCUT2D eigenvalue weighted by Crippen LogP contribution is -2.34. The van der Waals surface area contributed by atoms with E-state index in [-0.39, 0.29) is 11.2 Å². The molecule has 1 heterocycles. The number of carbonyl (C=O) groups is 1. The van der Waals surface area contributed by atoms with Crippen LogP contribution in [0.5, 0.6) is 0 Å². The van der Waals surface area contributed by atoms with Gasteiger partial charge in [-0.3, -0.25) is 0 Å². The second-order valence-electron chi connectivity index (χ2n) is 6.40. The maximum absolute atomic E-state index is 11.8. The first kappa shape index (κ1) is 16.0. The zero-order valence-electron chi connectivity index (χ0n) is 13.6. The number of fused-ring (bicyclic) bond motifs is 2. The van der Waals surface area contributed by atoms with Crippen molar-refractivity contribution >= 4 is 34.7 Å². The number of rotatable bonds is 3. The fourth-order valence-electron chi connectivity index (χ4n) is 3.65. The van der Waals surface area contributed by atoms with E-state index in [1.54, 1.807) is 0 Å². The van der Waals surface area contributed by atoms with Gasteiger partial charge in [-0.15, -0.1) is 23.5 Å². The average molecular weight is 353 g/mol. The topological polar surface area (TPSA) is 17.1 Å². The smallest absolute Gasteiger partial charge is 0.125 e. The summed E-state index contributed by atoms with van der Waals surface area (Å²) < 4.78 is 0. The van der Waals surface area contributed by atoms with Crippen molar-refractivity contribution in [2.45, 2.75) is 35.2 Å². The van der Waals surface area contributed by atoms with Crippen molar-refractivity contribution < 1.29 is 4.79 Å². The molecule has 2 aromatic carbocycles. The first-order valence-electron chi connectivity index (χ1n) is 8.43. The molecule has 24 heavy (non-hydrogen) atoms. The Morgan fingerprint density at radius 2 is 1.79 bits per heavy atom. The minimum atomic E-state index is 0.0734. The first-order chi connectivity index (χ1) is 11.8. The fraction of sp³-hybridized carbons (Fsp3) is 0.286. The molecule has 3 unspecified atom stereocenters. The van der Waals surface area contributed by atoms with E-state index in [1.807, 2.05) is 29.6 Å². The van der Waals surface area contributed by atoms with Gasteiger partial charge < -0.3 is 4.79 Å². The van der Waals surface area contributed by atoms with Gasteiger partial charge in [-0.25, -0.2) is 0 Å². The third-order valence-electron chi connectivity index (χ3n) is 4.92. The first-order valence-corrected chi connectivity index (χ1v) is 10.2. The average Bonchev–Trinajstić information content (AvgIpc) is 2.62. The van der Waals surface area contributed by atoms with E-state index in [2.05, 4.69) is 55.5 Å². The van der Waals surface area contributed by atoms with Gasteiger partial charge in [-0.1, -0.05) is 49.4 Å². The van der Waals surface area contributed by atoms with Crippen molar-refractivity contribution in [1.82, 2.24) is 0 Å². The monoisotopic (exact) mass is 352 g/mol. The minimum absolute atomic E-state index is 0.0734. The van der Waals surface area contributed by atoms with Crippen LogP contribution in [0.4, 0.5) is 0 Å². The van der Waals surface area contributed by atoms with Gasteiger partial charge in [-0.05, 0) is 41.7 Å². The van der Waals surface area contributed by atoms with Gasteiger partial charge in [0.25, 0.3) is 0 Å². The van der Waals surface area contributed by atoms with Crippen LogP contribution in [-0.2, 0) is 11.2 Å². The Morgan fingerprint density at radius 3 is 2.58 bits per heavy atom. The van der Waals surface area contributed by atoms with Crippen LogP contribution in [0.3, 0.4) is 0 Å². The fourth-order valence-corrected chi connectivity index (χ4v) is 6.72. The number of carbonyl (C=O) groups excluding carboxylic acids is 1. The Labute approximate surface area is 151 Å². The summed E-state index contributed by atoms with van der Waals surface area (Å²) in [6.45, 7) is 2.20.